The summed E-state index contributed by atoms with van der Waals surface area (Å²) in [5.74, 6) is -0.587. The number of aryl methyl sites for hydroxylation is 2. The van der Waals surface area contributed by atoms with Crippen molar-refractivity contribution < 1.29 is 14.0 Å². The van der Waals surface area contributed by atoms with Crippen molar-refractivity contribution in [3.05, 3.63) is 52.1 Å². The standard InChI is InChI=1S/C20H24ClFN4O2/c1-13-17(18(21)25(2)24-13)20(28)26-11-8-15(9-12-26)19(27)23-10-7-14-5-3-4-6-16(14)22/h3-6,15H,7-12H2,1-2H3,(H,23,27). The second kappa shape index (κ2) is 8.73. The van der Waals surface area contributed by atoms with Gasteiger partial charge in [-0.3, -0.25) is 14.3 Å². The van der Waals surface area contributed by atoms with E-state index in [4.69, 9.17) is 11.6 Å². The van der Waals surface area contributed by atoms with Gasteiger partial charge in [-0.1, -0.05) is 29.8 Å². The summed E-state index contributed by atoms with van der Waals surface area (Å²) in [6, 6.07) is 6.56. The van der Waals surface area contributed by atoms with E-state index in [0.717, 1.165) is 0 Å². The minimum atomic E-state index is -0.257. The van der Waals surface area contributed by atoms with Crippen molar-refractivity contribution in [2.24, 2.45) is 13.0 Å². The van der Waals surface area contributed by atoms with Crippen LogP contribution in [0.15, 0.2) is 24.3 Å². The Labute approximate surface area is 168 Å². The number of hydrogen-bond acceptors (Lipinski definition) is 3. The van der Waals surface area contributed by atoms with E-state index in [2.05, 4.69) is 10.4 Å². The molecule has 2 aromatic rings. The third-order valence-electron chi connectivity index (χ3n) is 5.17. The monoisotopic (exact) mass is 406 g/mol. The van der Waals surface area contributed by atoms with E-state index in [1.165, 1.54) is 10.7 Å². The summed E-state index contributed by atoms with van der Waals surface area (Å²) in [6.45, 7) is 3.14. The fourth-order valence-corrected chi connectivity index (χ4v) is 3.80. The summed E-state index contributed by atoms with van der Waals surface area (Å²) in [5, 5.41) is 7.39. The van der Waals surface area contributed by atoms with Gasteiger partial charge in [-0.25, -0.2) is 4.39 Å². The molecule has 1 saturated heterocycles. The molecule has 0 bridgehead atoms. The van der Waals surface area contributed by atoms with Crippen molar-refractivity contribution in [3.63, 3.8) is 0 Å². The molecular formula is C20H24ClFN4O2. The summed E-state index contributed by atoms with van der Waals surface area (Å²) >= 11 is 6.19. The molecule has 1 aromatic carbocycles. The highest BCUT2D eigenvalue weighted by atomic mass is 35.5. The number of halogens is 2. The molecular weight excluding hydrogens is 383 g/mol. The Morgan fingerprint density at radius 2 is 1.96 bits per heavy atom. The lowest BCUT2D eigenvalue weighted by molar-refractivity contribution is -0.126. The van der Waals surface area contributed by atoms with Crippen molar-refractivity contribution in [3.8, 4) is 0 Å². The molecule has 2 heterocycles. The van der Waals surface area contributed by atoms with E-state index in [0.29, 0.717) is 60.9 Å². The van der Waals surface area contributed by atoms with Crippen LogP contribution in [0.5, 0.6) is 0 Å². The lowest BCUT2D eigenvalue weighted by Crippen LogP contribution is -2.43. The fourth-order valence-electron chi connectivity index (χ4n) is 3.54. The number of piperidine rings is 1. The van der Waals surface area contributed by atoms with Crippen molar-refractivity contribution in [2.45, 2.75) is 26.2 Å². The normalized spacial score (nSPS) is 14.9. The summed E-state index contributed by atoms with van der Waals surface area (Å²) in [4.78, 5) is 26.9. The van der Waals surface area contributed by atoms with Crippen LogP contribution < -0.4 is 5.32 Å². The third-order valence-corrected chi connectivity index (χ3v) is 5.60. The number of carbonyl (C=O) groups excluding carboxylic acids is 2. The first-order chi connectivity index (χ1) is 13.4. The van der Waals surface area contributed by atoms with Gasteiger partial charge < -0.3 is 10.2 Å². The van der Waals surface area contributed by atoms with Gasteiger partial charge in [-0.2, -0.15) is 5.10 Å². The molecule has 1 aliphatic heterocycles. The summed E-state index contributed by atoms with van der Waals surface area (Å²) in [6.07, 6.45) is 1.64. The molecule has 0 atom stereocenters. The molecule has 1 fully saturated rings. The highest BCUT2D eigenvalue weighted by molar-refractivity contribution is 6.33. The first kappa shape index (κ1) is 20.3. The number of carbonyl (C=O) groups is 2. The SMILES string of the molecule is Cc1nn(C)c(Cl)c1C(=O)N1CCC(C(=O)NCCc2ccccc2F)CC1. The Morgan fingerprint density at radius 3 is 2.57 bits per heavy atom. The number of rotatable bonds is 5. The summed E-state index contributed by atoms with van der Waals surface area (Å²) < 4.78 is 15.1. The summed E-state index contributed by atoms with van der Waals surface area (Å²) in [7, 11) is 1.70. The highest BCUT2D eigenvalue weighted by Crippen LogP contribution is 2.24. The quantitative estimate of drug-likeness (QED) is 0.830. The molecule has 150 valence electrons. The molecule has 0 radical (unpaired) electrons. The number of amides is 2. The van der Waals surface area contributed by atoms with E-state index >= 15 is 0 Å². The maximum atomic E-state index is 13.6. The summed E-state index contributed by atoms with van der Waals surface area (Å²) in [5.41, 5.74) is 1.62. The van der Waals surface area contributed by atoms with Crippen LogP contribution in [0.1, 0.15) is 34.5 Å². The first-order valence-corrected chi connectivity index (χ1v) is 9.75. The number of likely N-dealkylation sites (tertiary alicyclic amines) is 1. The average molecular weight is 407 g/mol. The van der Waals surface area contributed by atoms with Gasteiger partial charge in [0.15, 0.2) is 0 Å². The van der Waals surface area contributed by atoms with Gasteiger partial charge in [0.25, 0.3) is 5.91 Å². The zero-order chi connectivity index (χ0) is 20.3. The number of nitrogens with zero attached hydrogens (tertiary/aromatic N) is 3. The predicted octanol–water partition coefficient (Wildman–Crippen LogP) is 2.73. The predicted molar refractivity (Wildman–Crippen MR) is 105 cm³/mol. The number of hydrogen-bond donors (Lipinski definition) is 1. The molecule has 8 heteroatoms. The van der Waals surface area contributed by atoms with Crippen LogP contribution in [0.2, 0.25) is 5.15 Å². The minimum Gasteiger partial charge on any atom is -0.356 e. The zero-order valence-electron chi connectivity index (χ0n) is 16.0. The number of aromatic nitrogens is 2. The largest absolute Gasteiger partial charge is 0.356 e. The van der Waals surface area contributed by atoms with Crippen LogP contribution in [0.3, 0.4) is 0 Å². The van der Waals surface area contributed by atoms with Gasteiger partial charge in [-0.05, 0) is 37.8 Å². The Hall–Kier alpha value is -2.41. The van der Waals surface area contributed by atoms with E-state index in [-0.39, 0.29) is 23.5 Å². The smallest absolute Gasteiger partial charge is 0.258 e. The Kier molecular flexibility index (Phi) is 6.34. The Morgan fingerprint density at radius 1 is 1.29 bits per heavy atom. The molecule has 3 rings (SSSR count). The van der Waals surface area contributed by atoms with Gasteiger partial charge in [0.05, 0.1) is 11.3 Å². The topological polar surface area (TPSA) is 67.2 Å². The molecule has 28 heavy (non-hydrogen) atoms. The average Bonchev–Trinajstić information content (AvgIpc) is 2.94. The van der Waals surface area contributed by atoms with Gasteiger partial charge >= 0.3 is 0 Å². The fraction of sp³-hybridized carbons (Fsp3) is 0.450. The maximum Gasteiger partial charge on any atom is 0.258 e. The molecule has 0 saturated carbocycles. The van der Waals surface area contributed by atoms with E-state index in [9.17, 15) is 14.0 Å². The van der Waals surface area contributed by atoms with Crippen LogP contribution in [-0.4, -0.2) is 46.1 Å². The van der Waals surface area contributed by atoms with Crippen LogP contribution in [0.25, 0.3) is 0 Å². The minimum absolute atomic E-state index is 0.0426. The molecule has 1 aromatic heterocycles. The van der Waals surface area contributed by atoms with Crippen molar-refractivity contribution >= 4 is 23.4 Å². The Balaban J connectivity index is 1.49. The molecule has 0 spiro atoms. The molecule has 6 nitrogen and oxygen atoms in total. The number of benzene rings is 1. The van der Waals surface area contributed by atoms with E-state index < -0.39 is 0 Å². The second-order valence-electron chi connectivity index (χ2n) is 7.07. The highest BCUT2D eigenvalue weighted by Gasteiger charge is 2.30. The van der Waals surface area contributed by atoms with Crippen molar-refractivity contribution in [1.29, 1.82) is 0 Å². The first-order valence-electron chi connectivity index (χ1n) is 9.38. The molecule has 1 aliphatic rings. The third kappa shape index (κ3) is 4.35. The van der Waals surface area contributed by atoms with Crippen molar-refractivity contribution in [1.82, 2.24) is 20.0 Å². The van der Waals surface area contributed by atoms with E-state index in [1.807, 2.05) is 0 Å². The maximum absolute atomic E-state index is 13.6. The van der Waals surface area contributed by atoms with Gasteiger partial charge in [0.1, 0.15) is 11.0 Å². The molecule has 0 aliphatic carbocycles. The molecule has 2 amide bonds. The van der Waals surface area contributed by atoms with Gasteiger partial charge in [0, 0.05) is 32.6 Å². The lowest BCUT2D eigenvalue weighted by Gasteiger charge is -2.31. The van der Waals surface area contributed by atoms with Crippen molar-refractivity contribution in [2.75, 3.05) is 19.6 Å². The van der Waals surface area contributed by atoms with Crippen LogP contribution in [0, 0.1) is 18.7 Å². The van der Waals surface area contributed by atoms with Gasteiger partial charge in [0.2, 0.25) is 5.91 Å². The second-order valence-corrected chi connectivity index (χ2v) is 7.43. The zero-order valence-corrected chi connectivity index (χ0v) is 16.8. The molecule has 1 N–H and O–H groups in total. The van der Waals surface area contributed by atoms with Crippen LogP contribution in [0.4, 0.5) is 4.39 Å². The van der Waals surface area contributed by atoms with Crippen LogP contribution in [-0.2, 0) is 18.3 Å². The lowest BCUT2D eigenvalue weighted by atomic mass is 9.95. The Bertz CT molecular complexity index is 875. The van der Waals surface area contributed by atoms with E-state index in [1.54, 1.807) is 37.1 Å². The van der Waals surface area contributed by atoms with Gasteiger partial charge in [-0.15, -0.1) is 0 Å². The van der Waals surface area contributed by atoms with Crippen LogP contribution >= 0.6 is 11.6 Å². The molecule has 0 unspecified atom stereocenters. The number of nitrogens with one attached hydrogen (secondary N) is 1.